The molecular formula is C16H24. The molecule has 1 aromatic rings. The fraction of sp³-hybridized carbons (Fsp3) is 0.625. The van der Waals surface area contributed by atoms with Crippen molar-refractivity contribution in [3.05, 3.63) is 35.4 Å². The quantitative estimate of drug-likeness (QED) is 0.583. The number of rotatable bonds is 0. The number of fused-ring (bicyclic) bond motifs is 2. The predicted molar refractivity (Wildman–Crippen MR) is 71.0 cm³/mol. The first-order chi connectivity index (χ1) is 7.64. The first kappa shape index (κ1) is 11.7. The fourth-order valence-electron chi connectivity index (χ4n) is 3.43. The molecule has 0 heterocycles. The van der Waals surface area contributed by atoms with E-state index in [9.17, 15) is 0 Å². The first-order valence-electron chi connectivity index (χ1n) is 6.74. The second-order valence-electron chi connectivity index (χ2n) is 5.67. The lowest BCUT2D eigenvalue weighted by molar-refractivity contribution is 0.188. The lowest BCUT2D eigenvalue weighted by Gasteiger charge is -2.52. The summed E-state index contributed by atoms with van der Waals surface area (Å²) in [4.78, 5) is 0. The Hall–Kier alpha value is -0.780. The number of hydrogen-bond acceptors (Lipinski definition) is 0. The van der Waals surface area contributed by atoms with Gasteiger partial charge in [0.15, 0.2) is 0 Å². The van der Waals surface area contributed by atoms with Gasteiger partial charge in [0.2, 0.25) is 0 Å². The smallest absolute Gasteiger partial charge is 0.00717 e. The summed E-state index contributed by atoms with van der Waals surface area (Å²) in [5, 5.41) is 0. The molecular weight excluding hydrogens is 192 g/mol. The highest BCUT2D eigenvalue weighted by Crippen LogP contribution is 2.55. The van der Waals surface area contributed by atoms with Crippen LogP contribution >= 0.6 is 0 Å². The fourth-order valence-corrected chi connectivity index (χ4v) is 3.43. The van der Waals surface area contributed by atoms with Gasteiger partial charge in [0.1, 0.15) is 0 Å². The third-order valence-corrected chi connectivity index (χ3v) is 4.68. The SMILES string of the molecule is CC.CC12CCC(C)(CC1)c1ccccc12. The molecule has 0 radical (unpaired) electrons. The third kappa shape index (κ3) is 1.50. The lowest BCUT2D eigenvalue weighted by Crippen LogP contribution is -2.43. The van der Waals surface area contributed by atoms with Crippen molar-refractivity contribution in [2.75, 3.05) is 0 Å². The second kappa shape index (κ2) is 3.91. The zero-order chi connectivity index (χ0) is 11.8. The summed E-state index contributed by atoms with van der Waals surface area (Å²) in [5.74, 6) is 0. The van der Waals surface area contributed by atoms with Crippen LogP contribution in [0.1, 0.15) is 64.5 Å². The summed E-state index contributed by atoms with van der Waals surface area (Å²) in [7, 11) is 0. The Morgan fingerprint density at radius 3 is 1.38 bits per heavy atom. The first-order valence-corrected chi connectivity index (χ1v) is 6.74. The molecule has 88 valence electrons. The Labute approximate surface area is 100 Å². The van der Waals surface area contributed by atoms with Gasteiger partial charge in [-0.05, 0) is 47.6 Å². The van der Waals surface area contributed by atoms with Crippen LogP contribution in [0.4, 0.5) is 0 Å². The lowest BCUT2D eigenvalue weighted by atomic mass is 9.53. The molecule has 0 saturated heterocycles. The monoisotopic (exact) mass is 216 g/mol. The van der Waals surface area contributed by atoms with Gasteiger partial charge < -0.3 is 0 Å². The molecule has 0 atom stereocenters. The molecule has 2 bridgehead atoms. The molecule has 0 N–H and O–H groups in total. The van der Waals surface area contributed by atoms with E-state index < -0.39 is 0 Å². The van der Waals surface area contributed by atoms with Gasteiger partial charge in [-0.2, -0.15) is 0 Å². The molecule has 1 saturated carbocycles. The Morgan fingerprint density at radius 2 is 1.06 bits per heavy atom. The van der Waals surface area contributed by atoms with E-state index in [1.165, 1.54) is 25.7 Å². The van der Waals surface area contributed by atoms with Crippen LogP contribution in [-0.4, -0.2) is 0 Å². The van der Waals surface area contributed by atoms with Gasteiger partial charge in [-0.1, -0.05) is 52.0 Å². The Balaban J connectivity index is 0.000000457. The third-order valence-electron chi connectivity index (χ3n) is 4.68. The molecule has 3 aliphatic carbocycles. The predicted octanol–water partition coefficient (Wildman–Crippen LogP) is 4.82. The van der Waals surface area contributed by atoms with Crippen molar-refractivity contribution in [1.82, 2.24) is 0 Å². The van der Waals surface area contributed by atoms with Gasteiger partial charge in [-0.25, -0.2) is 0 Å². The zero-order valence-electron chi connectivity index (χ0n) is 11.1. The van der Waals surface area contributed by atoms with Crippen LogP contribution < -0.4 is 0 Å². The van der Waals surface area contributed by atoms with Gasteiger partial charge in [0.05, 0.1) is 0 Å². The molecule has 4 rings (SSSR count). The van der Waals surface area contributed by atoms with E-state index in [-0.39, 0.29) is 0 Å². The van der Waals surface area contributed by atoms with E-state index in [2.05, 4.69) is 38.1 Å². The van der Waals surface area contributed by atoms with Crippen molar-refractivity contribution in [1.29, 1.82) is 0 Å². The maximum atomic E-state index is 2.45. The minimum atomic E-state index is 0.494. The maximum absolute atomic E-state index is 2.45. The molecule has 0 heteroatoms. The number of benzene rings is 1. The average Bonchev–Trinajstić information content (AvgIpc) is 2.35. The number of hydrogen-bond donors (Lipinski definition) is 0. The van der Waals surface area contributed by atoms with Crippen molar-refractivity contribution >= 4 is 0 Å². The van der Waals surface area contributed by atoms with E-state index in [0.717, 1.165) is 0 Å². The molecule has 16 heavy (non-hydrogen) atoms. The van der Waals surface area contributed by atoms with E-state index in [1.807, 2.05) is 13.8 Å². The second-order valence-corrected chi connectivity index (χ2v) is 5.67. The van der Waals surface area contributed by atoms with Crippen LogP contribution in [0.3, 0.4) is 0 Å². The van der Waals surface area contributed by atoms with Crippen molar-refractivity contribution in [2.24, 2.45) is 0 Å². The molecule has 0 unspecified atom stereocenters. The summed E-state index contributed by atoms with van der Waals surface area (Å²) in [5.41, 5.74) is 4.27. The van der Waals surface area contributed by atoms with Gasteiger partial charge in [-0.3, -0.25) is 0 Å². The Morgan fingerprint density at radius 1 is 0.750 bits per heavy atom. The van der Waals surface area contributed by atoms with Crippen LogP contribution in [0.25, 0.3) is 0 Å². The molecule has 0 amide bonds. The van der Waals surface area contributed by atoms with Gasteiger partial charge in [0.25, 0.3) is 0 Å². The molecule has 0 aromatic heterocycles. The molecule has 3 aliphatic rings. The average molecular weight is 216 g/mol. The van der Waals surface area contributed by atoms with E-state index in [0.29, 0.717) is 10.8 Å². The summed E-state index contributed by atoms with van der Waals surface area (Å²) >= 11 is 0. The van der Waals surface area contributed by atoms with E-state index in [1.54, 1.807) is 11.1 Å². The highest BCUT2D eigenvalue weighted by molar-refractivity contribution is 5.44. The highest BCUT2D eigenvalue weighted by atomic mass is 14.5. The summed E-state index contributed by atoms with van der Waals surface area (Å²) in [6.07, 6.45) is 5.56. The largest absolute Gasteiger partial charge is 0.0683 e. The van der Waals surface area contributed by atoms with Crippen molar-refractivity contribution in [3.63, 3.8) is 0 Å². The highest BCUT2D eigenvalue weighted by Gasteiger charge is 2.46. The minimum Gasteiger partial charge on any atom is -0.0683 e. The van der Waals surface area contributed by atoms with Gasteiger partial charge in [0, 0.05) is 0 Å². The van der Waals surface area contributed by atoms with Crippen LogP contribution in [0.2, 0.25) is 0 Å². The molecule has 1 fully saturated rings. The molecule has 0 aliphatic heterocycles. The topological polar surface area (TPSA) is 0 Å². The summed E-state index contributed by atoms with van der Waals surface area (Å²) in [6.45, 7) is 8.90. The standard InChI is InChI=1S/C14H18.C2H6/c1-13-7-9-14(2,10-8-13)12-6-4-3-5-11(12)13;1-2/h3-6H,7-10H2,1-2H3;1-2H3. The van der Waals surface area contributed by atoms with Crippen LogP contribution in [0.5, 0.6) is 0 Å². The molecule has 1 aromatic carbocycles. The van der Waals surface area contributed by atoms with Crippen molar-refractivity contribution in [3.8, 4) is 0 Å². The Bertz CT molecular complexity index is 330. The minimum absolute atomic E-state index is 0.494. The van der Waals surface area contributed by atoms with Gasteiger partial charge >= 0.3 is 0 Å². The van der Waals surface area contributed by atoms with Crippen LogP contribution in [0.15, 0.2) is 24.3 Å². The van der Waals surface area contributed by atoms with Crippen LogP contribution in [-0.2, 0) is 10.8 Å². The van der Waals surface area contributed by atoms with Crippen molar-refractivity contribution < 1.29 is 0 Å². The Kier molecular flexibility index (Phi) is 2.86. The van der Waals surface area contributed by atoms with E-state index >= 15 is 0 Å². The molecule has 0 nitrogen and oxygen atoms in total. The summed E-state index contributed by atoms with van der Waals surface area (Å²) < 4.78 is 0. The summed E-state index contributed by atoms with van der Waals surface area (Å²) in [6, 6.07) is 9.11. The maximum Gasteiger partial charge on any atom is -0.00717 e. The van der Waals surface area contributed by atoms with Crippen LogP contribution in [0, 0.1) is 0 Å². The molecule has 0 spiro atoms. The van der Waals surface area contributed by atoms with Crippen molar-refractivity contribution in [2.45, 2.75) is 64.2 Å². The zero-order valence-corrected chi connectivity index (χ0v) is 11.1. The van der Waals surface area contributed by atoms with Gasteiger partial charge in [-0.15, -0.1) is 0 Å². The van der Waals surface area contributed by atoms with E-state index in [4.69, 9.17) is 0 Å². The normalized spacial score (nSPS) is 35.0.